The summed E-state index contributed by atoms with van der Waals surface area (Å²) in [6.07, 6.45) is 0. The first-order valence-electron chi connectivity index (χ1n) is 18.7. The molecule has 0 aliphatic heterocycles. The topological polar surface area (TPSA) is 0 Å². The molecule has 0 saturated carbocycles. The summed E-state index contributed by atoms with van der Waals surface area (Å²) in [5.41, 5.74) is 12.9. The van der Waals surface area contributed by atoms with Crippen LogP contribution in [-0.4, -0.2) is 0 Å². The van der Waals surface area contributed by atoms with E-state index in [1.807, 2.05) is 0 Å². The van der Waals surface area contributed by atoms with E-state index in [1.54, 1.807) is 0 Å². The monoisotopic (exact) mass is 672 g/mol. The summed E-state index contributed by atoms with van der Waals surface area (Å²) >= 11 is 0. The van der Waals surface area contributed by atoms with Crippen molar-refractivity contribution < 1.29 is 0 Å². The zero-order chi connectivity index (χ0) is 35.3. The molecule has 10 aromatic rings. The van der Waals surface area contributed by atoms with E-state index in [0.29, 0.717) is 0 Å². The van der Waals surface area contributed by atoms with Crippen molar-refractivity contribution in [2.24, 2.45) is 0 Å². The SMILES string of the molecule is CC1(C)c2cc(-c3ccccc3)ccc2-c2ccc(-c3ccc4ccc(-c5cc6c7ccccc7c7ccccc7c6c6ccccc56)cc4c3)cc21. The number of benzene rings is 10. The minimum atomic E-state index is -0.0951. The predicted octanol–water partition coefficient (Wildman–Crippen LogP) is 14.8. The minimum absolute atomic E-state index is 0.0951. The van der Waals surface area contributed by atoms with E-state index >= 15 is 0 Å². The Morgan fingerprint density at radius 3 is 1.40 bits per heavy atom. The highest BCUT2D eigenvalue weighted by molar-refractivity contribution is 6.33. The second kappa shape index (κ2) is 11.2. The van der Waals surface area contributed by atoms with E-state index in [1.165, 1.54) is 109 Å². The van der Waals surface area contributed by atoms with E-state index in [-0.39, 0.29) is 5.41 Å². The van der Waals surface area contributed by atoms with Crippen molar-refractivity contribution in [2.45, 2.75) is 19.3 Å². The molecule has 1 aliphatic rings. The molecule has 0 atom stereocenters. The van der Waals surface area contributed by atoms with E-state index < -0.39 is 0 Å². The lowest BCUT2D eigenvalue weighted by atomic mass is 9.80. The molecule has 0 saturated heterocycles. The molecule has 0 heterocycles. The van der Waals surface area contributed by atoms with Crippen LogP contribution in [0.15, 0.2) is 182 Å². The van der Waals surface area contributed by atoms with Crippen LogP contribution in [0.5, 0.6) is 0 Å². The van der Waals surface area contributed by atoms with Crippen molar-refractivity contribution in [3.05, 3.63) is 193 Å². The highest BCUT2D eigenvalue weighted by atomic mass is 14.4. The van der Waals surface area contributed by atoms with Crippen molar-refractivity contribution >= 4 is 53.9 Å². The second-order valence-electron chi connectivity index (χ2n) is 15.3. The molecule has 248 valence electrons. The maximum Gasteiger partial charge on any atom is 0.0159 e. The number of rotatable bonds is 3. The summed E-state index contributed by atoms with van der Waals surface area (Å²) in [5.74, 6) is 0. The Kier molecular flexibility index (Phi) is 6.40. The third-order valence-electron chi connectivity index (χ3n) is 12.0. The third kappa shape index (κ3) is 4.49. The van der Waals surface area contributed by atoms with Crippen LogP contribution in [0.3, 0.4) is 0 Å². The van der Waals surface area contributed by atoms with Crippen LogP contribution in [0, 0.1) is 0 Å². The highest BCUT2D eigenvalue weighted by Gasteiger charge is 2.36. The van der Waals surface area contributed by atoms with Crippen molar-refractivity contribution in [3.63, 3.8) is 0 Å². The van der Waals surface area contributed by atoms with Gasteiger partial charge in [-0.25, -0.2) is 0 Å². The molecule has 53 heavy (non-hydrogen) atoms. The molecular weight excluding hydrogens is 637 g/mol. The molecule has 0 N–H and O–H groups in total. The van der Waals surface area contributed by atoms with Gasteiger partial charge in [-0.1, -0.05) is 166 Å². The molecule has 0 radical (unpaired) electrons. The summed E-state index contributed by atoms with van der Waals surface area (Å²) in [6, 6.07) is 67.9. The number of hydrogen-bond donors (Lipinski definition) is 0. The lowest BCUT2D eigenvalue weighted by Gasteiger charge is -2.22. The molecule has 1 aliphatic carbocycles. The van der Waals surface area contributed by atoms with Crippen molar-refractivity contribution in [2.75, 3.05) is 0 Å². The summed E-state index contributed by atoms with van der Waals surface area (Å²) in [7, 11) is 0. The predicted molar refractivity (Wildman–Crippen MR) is 228 cm³/mol. The van der Waals surface area contributed by atoms with E-state index in [2.05, 4.69) is 196 Å². The van der Waals surface area contributed by atoms with Crippen LogP contribution in [-0.2, 0) is 5.41 Å². The number of hydrogen-bond acceptors (Lipinski definition) is 0. The molecule has 0 bridgehead atoms. The van der Waals surface area contributed by atoms with Crippen LogP contribution in [0.2, 0.25) is 0 Å². The minimum Gasteiger partial charge on any atom is -0.0622 e. The van der Waals surface area contributed by atoms with E-state index in [4.69, 9.17) is 0 Å². The average molecular weight is 673 g/mol. The molecule has 0 amide bonds. The van der Waals surface area contributed by atoms with Gasteiger partial charge in [0.25, 0.3) is 0 Å². The summed E-state index contributed by atoms with van der Waals surface area (Å²) in [4.78, 5) is 0. The van der Waals surface area contributed by atoms with Gasteiger partial charge in [-0.3, -0.25) is 0 Å². The molecule has 0 spiro atoms. The molecule has 0 aromatic heterocycles. The van der Waals surface area contributed by atoms with Crippen molar-refractivity contribution in [3.8, 4) is 44.5 Å². The smallest absolute Gasteiger partial charge is 0.0159 e. The molecule has 0 unspecified atom stereocenters. The van der Waals surface area contributed by atoms with Gasteiger partial charge >= 0.3 is 0 Å². The second-order valence-corrected chi connectivity index (χ2v) is 15.3. The van der Waals surface area contributed by atoms with E-state index in [9.17, 15) is 0 Å². The van der Waals surface area contributed by atoms with Crippen LogP contribution < -0.4 is 0 Å². The van der Waals surface area contributed by atoms with Crippen LogP contribution in [0.1, 0.15) is 25.0 Å². The molecule has 10 aromatic carbocycles. The summed E-state index contributed by atoms with van der Waals surface area (Å²) in [5, 5.41) is 12.9. The van der Waals surface area contributed by atoms with Gasteiger partial charge < -0.3 is 0 Å². The Labute approximate surface area is 309 Å². The standard InChI is InChI=1S/C53H36/c1-53(2)50-30-36(33-12-4-3-5-13-33)24-26-44(50)45-27-25-37(31-51(45)53)35-22-20-34-21-23-38(29-39(34)28-35)48-32-49-42-16-7-6-14-40(42)41-15-8-10-18-46(41)52(49)47-19-11-9-17-43(47)48/h3-32H,1-2H3. The van der Waals surface area contributed by atoms with Crippen molar-refractivity contribution in [1.29, 1.82) is 0 Å². The lowest BCUT2D eigenvalue weighted by molar-refractivity contribution is 0.661. The van der Waals surface area contributed by atoms with E-state index in [0.717, 1.165) is 0 Å². The Morgan fingerprint density at radius 1 is 0.283 bits per heavy atom. The summed E-state index contributed by atoms with van der Waals surface area (Å²) < 4.78 is 0. The van der Waals surface area contributed by atoms with Gasteiger partial charge in [0.05, 0.1) is 0 Å². The van der Waals surface area contributed by atoms with Gasteiger partial charge in [0.2, 0.25) is 0 Å². The average Bonchev–Trinajstić information content (AvgIpc) is 3.45. The quantitative estimate of drug-likeness (QED) is 0.164. The first-order chi connectivity index (χ1) is 26.0. The van der Waals surface area contributed by atoms with Crippen LogP contribution in [0.4, 0.5) is 0 Å². The van der Waals surface area contributed by atoms with Crippen molar-refractivity contribution in [1.82, 2.24) is 0 Å². The third-order valence-corrected chi connectivity index (χ3v) is 12.0. The first-order valence-corrected chi connectivity index (χ1v) is 18.7. The fraction of sp³-hybridized carbons (Fsp3) is 0.0566. The van der Waals surface area contributed by atoms with Gasteiger partial charge in [-0.15, -0.1) is 0 Å². The fourth-order valence-corrected chi connectivity index (χ4v) is 9.33. The largest absolute Gasteiger partial charge is 0.0622 e. The maximum absolute atomic E-state index is 2.45. The van der Waals surface area contributed by atoms with Gasteiger partial charge in [-0.05, 0) is 140 Å². The molecule has 0 nitrogen and oxygen atoms in total. The normalized spacial score (nSPS) is 13.2. The zero-order valence-electron chi connectivity index (χ0n) is 29.8. The Bertz CT molecular complexity index is 3120. The lowest BCUT2D eigenvalue weighted by Crippen LogP contribution is -2.15. The van der Waals surface area contributed by atoms with Gasteiger partial charge in [0.1, 0.15) is 0 Å². The zero-order valence-corrected chi connectivity index (χ0v) is 29.8. The van der Waals surface area contributed by atoms with Gasteiger partial charge in [0.15, 0.2) is 0 Å². The molecule has 11 rings (SSSR count). The maximum atomic E-state index is 2.45. The molecular formula is C53H36. The number of fused-ring (bicyclic) bond motifs is 12. The van der Waals surface area contributed by atoms with Crippen LogP contribution in [0.25, 0.3) is 98.4 Å². The highest BCUT2D eigenvalue weighted by Crippen LogP contribution is 2.51. The molecule has 0 heteroatoms. The molecule has 0 fully saturated rings. The Morgan fingerprint density at radius 2 is 0.736 bits per heavy atom. The Hall–Kier alpha value is -6.50. The van der Waals surface area contributed by atoms with Gasteiger partial charge in [0, 0.05) is 5.41 Å². The van der Waals surface area contributed by atoms with Crippen LogP contribution >= 0.6 is 0 Å². The fourth-order valence-electron chi connectivity index (χ4n) is 9.33. The first kappa shape index (κ1) is 30.2. The van der Waals surface area contributed by atoms with Gasteiger partial charge in [-0.2, -0.15) is 0 Å². The Balaban J connectivity index is 1.05. The summed E-state index contributed by atoms with van der Waals surface area (Å²) in [6.45, 7) is 4.76.